The van der Waals surface area contributed by atoms with Crippen LogP contribution < -0.4 is 5.73 Å². The van der Waals surface area contributed by atoms with Crippen LogP contribution >= 0.6 is 0 Å². The number of nitrogens with zero attached hydrogens (tertiary/aromatic N) is 1. The molecule has 2 nitrogen and oxygen atoms in total. The number of hydrogen-bond acceptors (Lipinski definition) is 2. The number of rotatable bonds is 4. The average molecular weight is 184 g/mol. The van der Waals surface area contributed by atoms with Gasteiger partial charge in [0.25, 0.3) is 0 Å². The summed E-state index contributed by atoms with van der Waals surface area (Å²) in [5.41, 5.74) is 6.21. The van der Waals surface area contributed by atoms with Crippen molar-refractivity contribution in [1.29, 1.82) is 0 Å². The summed E-state index contributed by atoms with van der Waals surface area (Å²) >= 11 is 0. The van der Waals surface area contributed by atoms with Crippen molar-refractivity contribution >= 4 is 0 Å². The summed E-state index contributed by atoms with van der Waals surface area (Å²) in [4.78, 5) is 2.50. The summed E-state index contributed by atoms with van der Waals surface area (Å²) < 4.78 is 0. The third kappa shape index (κ3) is 2.68. The van der Waals surface area contributed by atoms with Crippen molar-refractivity contribution in [3.63, 3.8) is 0 Å². The molecule has 0 unspecified atom stereocenters. The quantitative estimate of drug-likeness (QED) is 0.722. The lowest BCUT2D eigenvalue weighted by molar-refractivity contribution is 0.0976. The molecule has 78 valence electrons. The predicted octanol–water partition coefficient (Wildman–Crippen LogP) is 1.85. The van der Waals surface area contributed by atoms with Gasteiger partial charge in [-0.2, -0.15) is 0 Å². The van der Waals surface area contributed by atoms with Gasteiger partial charge in [-0.25, -0.2) is 0 Å². The van der Waals surface area contributed by atoms with Gasteiger partial charge in [0, 0.05) is 13.1 Å². The van der Waals surface area contributed by atoms with Crippen LogP contribution in [0.4, 0.5) is 0 Å². The van der Waals surface area contributed by atoms with E-state index < -0.39 is 0 Å². The molecular weight excluding hydrogens is 160 g/mol. The maximum Gasteiger partial charge on any atom is 0.0105 e. The van der Waals surface area contributed by atoms with Gasteiger partial charge in [-0.05, 0) is 31.3 Å². The second-order valence-corrected chi connectivity index (χ2v) is 4.34. The van der Waals surface area contributed by atoms with Crippen molar-refractivity contribution in [3.8, 4) is 0 Å². The highest BCUT2D eigenvalue weighted by Crippen LogP contribution is 2.37. The van der Waals surface area contributed by atoms with Gasteiger partial charge in [0.2, 0.25) is 0 Å². The van der Waals surface area contributed by atoms with E-state index in [1.165, 1.54) is 38.8 Å². The molecule has 2 heteroatoms. The number of hydrogen-bond donors (Lipinski definition) is 1. The summed E-state index contributed by atoms with van der Waals surface area (Å²) in [6, 6.07) is 0. The van der Waals surface area contributed by atoms with E-state index in [1.807, 2.05) is 0 Å². The molecule has 1 heterocycles. The fourth-order valence-corrected chi connectivity index (χ4v) is 2.39. The average Bonchev–Trinajstić information content (AvgIpc) is 2.20. The van der Waals surface area contributed by atoms with Crippen LogP contribution in [0, 0.1) is 5.41 Å². The minimum absolute atomic E-state index is 0.658. The van der Waals surface area contributed by atoms with Gasteiger partial charge in [-0.1, -0.05) is 26.7 Å². The van der Waals surface area contributed by atoms with E-state index in [0.717, 1.165) is 13.1 Å². The largest absolute Gasteiger partial charge is 0.329 e. The minimum atomic E-state index is 0.658. The highest BCUT2D eigenvalue weighted by atomic mass is 15.1. The first-order valence-electron chi connectivity index (χ1n) is 5.69. The molecule has 0 bridgehead atoms. The molecular formula is C11H24N2. The van der Waals surface area contributed by atoms with Crippen LogP contribution in [-0.4, -0.2) is 31.1 Å². The molecule has 1 saturated heterocycles. The van der Waals surface area contributed by atoms with E-state index in [2.05, 4.69) is 18.7 Å². The van der Waals surface area contributed by atoms with E-state index >= 15 is 0 Å². The fraction of sp³-hybridized carbons (Fsp3) is 1.00. The van der Waals surface area contributed by atoms with Crippen LogP contribution in [-0.2, 0) is 0 Å². The number of piperidine rings is 1. The summed E-state index contributed by atoms with van der Waals surface area (Å²) in [7, 11) is 0. The maximum absolute atomic E-state index is 5.55. The monoisotopic (exact) mass is 184 g/mol. The lowest BCUT2D eigenvalue weighted by atomic mass is 9.74. The third-order valence-corrected chi connectivity index (χ3v) is 3.86. The van der Waals surface area contributed by atoms with Crippen molar-refractivity contribution in [1.82, 2.24) is 4.90 Å². The minimum Gasteiger partial charge on any atom is -0.329 e. The molecule has 0 aromatic heterocycles. The van der Waals surface area contributed by atoms with E-state index in [0.29, 0.717) is 5.41 Å². The third-order valence-electron chi connectivity index (χ3n) is 3.86. The molecule has 0 aliphatic carbocycles. The molecule has 0 spiro atoms. The number of likely N-dealkylation sites (tertiary alicyclic amines) is 1. The first kappa shape index (κ1) is 11.0. The Kier molecular flexibility index (Phi) is 4.20. The van der Waals surface area contributed by atoms with Crippen LogP contribution in [0.5, 0.6) is 0 Å². The lowest BCUT2D eigenvalue weighted by Crippen LogP contribution is -2.41. The van der Waals surface area contributed by atoms with Crippen LogP contribution in [0.3, 0.4) is 0 Å². The highest BCUT2D eigenvalue weighted by molar-refractivity contribution is 4.83. The second-order valence-electron chi connectivity index (χ2n) is 4.34. The molecule has 0 amide bonds. The van der Waals surface area contributed by atoms with Gasteiger partial charge >= 0.3 is 0 Å². The molecule has 1 aliphatic rings. The molecule has 0 radical (unpaired) electrons. The van der Waals surface area contributed by atoms with Crippen LogP contribution in [0.1, 0.15) is 39.5 Å². The Morgan fingerprint density at radius 1 is 1.15 bits per heavy atom. The zero-order valence-corrected chi connectivity index (χ0v) is 9.18. The molecule has 2 N–H and O–H groups in total. The Balaban J connectivity index is 2.36. The lowest BCUT2D eigenvalue weighted by Gasteiger charge is -2.40. The normalized spacial score (nSPS) is 23.3. The Morgan fingerprint density at radius 3 is 2.08 bits per heavy atom. The summed E-state index contributed by atoms with van der Waals surface area (Å²) in [6.45, 7) is 9.09. The Morgan fingerprint density at radius 2 is 1.69 bits per heavy atom. The summed E-state index contributed by atoms with van der Waals surface area (Å²) in [5, 5.41) is 0. The topological polar surface area (TPSA) is 29.3 Å². The van der Waals surface area contributed by atoms with Crippen molar-refractivity contribution in [2.75, 3.05) is 26.2 Å². The van der Waals surface area contributed by atoms with E-state index in [9.17, 15) is 0 Å². The van der Waals surface area contributed by atoms with E-state index in [4.69, 9.17) is 5.73 Å². The van der Waals surface area contributed by atoms with E-state index in [1.54, 1.807) is 0 Å². The first-order valence-corrected chi connectivity index (χ1v) is 5.69. The maximum atomic E-state index is 5.55. The number of nitrogens with two attached hydrogens (primary N) is 1. The standard InChI is InChI=1S/C11H24N2/c1-3-11(4-2)5-8-13(9-6-11)10-7-12/h3-10,12H2,1-2H3. The van der Waals surface area contributed by atoms with Crippen LogP contribution in [0.15, 0.2) is 0 Å². The molecule has 1 rings (SSSR count). The Labute approximate surface area is 82.5 Å². The van der Waals surface area contributed by atoms with Gasteiger partial charge in [-0.3, -0.25) is 0 Å². The van der Waals surface area contributed by atoms with Gasteiger partial charge in [-0.15, -0.1) is 0 Å². The molecule has 1 aliphatic heterocycles. The molecule has 0 saturated carbocycles. The van der Waals surface area contributed by atoms with Crippen molar-refractivity contribution in [2.24, 2.45) is 11.1 Å². The van der Waals surface area contributed by atoms with Gasteiger partial charge < -0.3 is 10.6 Å². The fourth-order valence-electron chi connectivity index (χ4n) is 2.39. The van der Waals surface area contributed by atoms with Crippen LogP contribution in [0.25, 0.3) is 0 Å². The molecule has 0 aromatic rings. The summed E-state index contributed by atoms with van der Waals surface area (Å²) in [6.07, 6.45) is 5.44. The highest BCUT2D eigenvalue weighted by Gasteiger charge is 2.30. The zero-order chi connectivity index (χ0) is 9.73. The van der Waals surface area contributed by atoms with Crippen molar-refractivity contribution < 1.29 is 0 Å². The summed E-state index contributed by atoms with van der Waals surface area (Å²) in [5.74, 6) is 0. The van der Waals surface area contributed by atoms with Crippen LogP contribution in [0.2, 0.25) is 0 Å². The van der Waals surface area contributed by atoms with Gasteiger partial charge in [0.05, 0.1) is 0 Å². The Hall–Kier alpha value is -0.0800. The van der Waals surface area contributed by atoms with Crippen molar-refractivity contribution in [3.05, 3.63) is 0 Å². The SMILES string of the molecule is CCC1(CC)CCN(CCN)CC1. The second kappa shape index (κ2) is 4.97. The molecule has 1 fully saturated rings. The molecule has 13 heavy (non-hydrogen) atoms. The van der Waals surface area contributed by atoms with Crippen molar-refractivity contribution in [2.45, 2.75) is 39.5 Å². The van der Waals surface area contributed by atoms with Gasteiger partial charge in [0.1, 0.15) is 0 Å². The van der Waals surface area contributed by atoms with Gasteiger partial charge in [0.15, 0.2) is 0 Å². The van der Waals surface area contributed by atoms with E-state index in [-0.39, 0.29) is 0 Å². The molecule has 0 aromatic carbocycles. The first-order chi connectivity index (χ1) is 6.26. The molecule has 0 atom stereocenters. The zero-order valence-electron chi connectivity index (χ0n) is 9.18. The smallest absolute Gasteiger partial charge is 0.0105 e. The Bertz CT molecular complexity index is 131. The predicted molar refractivity (Wildman–Crippen MR) is 57.7 cm³/mol.